The van der Waals surface area contributed by atoms with Crippen LogP contribution >= 0.6 is 11.3 Å². The Bertz CT molecular complexity index is 1090. The lowest BCUT2D eigenvalue weighted by Crippen LogP contribution is -2.46. The number of nitrogens with one attached hydrogen (secondary N) is 2. The average Bonchev–Trinajstić information content (AvgIpc) is 3.32. The molecule has 4 rings (SSSR count). The Labute approximate surface area is 192 Å². The van der Waals surface area contributed by atoms with Crippen LogP contribution in [0.2, 0.25) is 0 Å². The Balaban J connectivity index is 1.43. The monoisotopic (exact) mass is 477 g/mol. The largest absolute Gasteiger partial charge is 0.381 e. The Morgan fingerprint density at radius 2 is 1.97 bits per heavy atom. The highest BCUT2D eigenvalue weighted by Gasteiger charge is 2.36. The predicted octanol–water partition coefficient (Wildman–Crippen LogP) is 2.26. The van der Waals surface area contributed by atoms with Gasteiger partial charge in [-0.1, -0.05) is 12.1 Å². The highest BCUT2D eigenvalue weighted by atomic mass is 32.2. The number of carbonyl (C=O) groups excluding carboxylic acids is 2. The smallest absolute Gasteiger partial charge is 0.313 e. The summed E-state index contributed by atoms with van der Waals surface area (Å²) >= 11 is 1.64. The van der Waals surface area contributed by atoms with Crippen molar-refractivity contribution in [3.63, 3.8) is 0 Å². The van der Waals surface area contributed by atoms with Crippen molar-refractivity contribution >= 4 is 44.5 Å². The summed E-state index contributed by atoms with van der Waals surface area (Å²) in [7, 11) is -3.42. The summed E-state index contributed by atoms with van der Waals surface area (Å²) in [5.74, 6) is -1.50. The van der Waals surface area contributed by atoms with E-state index in [1.165, 1.54) is 15.4 Å². The fourth-order valence-electron chi connectivity index (χ4n) is 4.33. The number of carbonyl (C=O) groups is 2. The van der Waals surface area contributed by atoms with Crippen LogP contribution in [0.5, 0.6) is 0 Å². The number of benzene rings is 1. The van der Waals surface area contributed by atoms with Crippen LogP contribution in [-0.2, 0) is 36.2 Å². The number of thiophene rings is 1. The van der Waals surface area contributed by atoms with Crippen LogP contribution in [-0.4, -0.2) is 52.8 Å². The number of aryl methyl sites for hydroxylation is 1. The standard InChI is InChI=1S/C22H27N3O5S2/c1-32(28,29)25-10-2-4-16-6-7-17(14-18(16)25)24-21(27)20(26)23-15-22(8-11-30-12-9-22)19-5-3-13-31-19/h3,5-7,13-14H,2,4,8-12,15H2,1H3,(H,23,26)(H,24,27). The molecule has 1 aromatic carbocycles. The molecular formula is C22H27N3O5S2. The molecule has 0 spiro atoms. The second-order valence-electron chi connectivity index (χ2n) is 8.29. The van der Waals surface area contributed by atoms with Crippen molar-refractivity contribution in [3.05, 3.63) is 46.2 Å². The van der Waals surface area contributed by atoms with E-state index >= 15 is 0 Å². The first-order chi connectivity index (χ1) is 15.3. The third-order valence-corrected chi connectivity index (χ3v) is 8.40. The first kappa shape index (κ1) is 22.8. The minimum absolute atomic E-state index is 0.232. The predicted molar refractivity (Wildman–Crippen MR) is 125 cm³/mol. The van der Waals surface area contributed by atoms with E-state index in [2.05, 4.69) is 16.7 Å². The molecule has 8 nitrogen and oxygen atoms in total. The molecule has 3 heterocycles. The Kier molecular flexibility index (Phi) is 6.55. The molecule has 172 valence electrons. The van der Waals surface area contributed by atoms with Crippen LogP contribution in [0.1, 0.15) is 29.7 Å². The van der Waals surface area contributed by atoms with E-state index in [1.807, 2.05) is 11.4 Å². The van der Waals surface area contributed by atoms with Crippen LogP contribution in [0.3, 0.4) is 0 Å². The molecule has 2 amide bonds. The molecule has 0 bridgehead atoms. The summed E-state index contributed by atoms with van der Waals surface area (Å²) in [4.78, 5) is 26.3. The Morgan fingerprint density at radius 3 is 2.66 bits per heavy atom. The second kappa shape index (κ2) is 9.21. The first-order valence-corrected chi connectivity index (χ1v) is 13.3. The Hall–Kier alpha value is -2.43. The fourth-order valence-corrected chi connectivity index (χ4v) is 6.31. The lowest BCUT2D eigenvalue weighted by atomic mass is 9.78. The first-order valence-electron chi connectivity index (χ1n) is 10.6. The summed E-state index contributed by atoms with van der Waals surface area (Å²) in [6, 6.07) is 9.16. The van der Waals surface area contributed by atoms with Gasteiger partial charge in [-0.05, 0) is 54.8 Å². The molecule has 2 aliphatic rings. The molecule has 1 saturated heterocycles. The van der Waals surface area contributed by atoms with Gasteiger partial charge >= 0.3 is 11.8 Å². The van der Waals surface area contributed by atoms with Gasteiger partial charge in [0.2, 0.25) is 10.0 Å². The van der Waals surface area contributed by atoms with Gasteiger partial charge in [-0.15, -0.1) is 11.3 Å². The normalized spacial score (nSPS) is 18.0. The number of nitrogens with zero attached hydrogens (tertiary/aromatic N) is 1. The van der Waals surface area contributed by atoms with E-state index in [1.54, 1.807) is 29.5 Å². The minimum Gasteiger partial charge on any atom is -0.381 e. The quantitative estimate of drug-likeness (QED) is 0.643. The second-order valence-corrected chi connectivity index (χ2v) is 11.1. The van der Waals surface area contributed by atoms with Crippen LogP contribution in [0.25, 0.3) is 0 Å². The number of fused-ring (bicyclic) bond motifs is 1. The van der Waals surface area contributed by atoms with Gasteiger partial charge < -0.3 is 15.4 Å². The fraction of sp³-hybridized carbons (Fsp3) is 0.455. The van der Waals surface area contributed by atoms with Gasteiger partial charge in [-0.2, -0.15) is 0 Å². The van der Waals surface area contributed by atoms with Crippen LogP contribution in [0.15, 0.2) is 35.7 Å². The number of hydrogen-bond donors (Lipinski definition) is 2. The van der Waals surface area contributed by atoms with Gasteiger partial charge in [0.15, 0.2) is 0 Å². The van der Waals surface area contributed by atoms with E-state index in [4.69, 9.17) is 4.74 Å². The highest BCUT2D eigenvalue weighted by Crippen LogP contribution is 2.37. The SMILES string of the molecule is CS(=O)(=O)N1CCCc2ccc(NC(=O)C(=O)NCC3(c4cccs4)CCOCC3)cc21. The van der Waals surface area contributed by atoms with Crippen molar-refractivity contribution in [3.8, 4) is 0 Å². The van der Waals surface area contributed by atoms with Crippen LogP contribution in [0.4, 0.5) is 11.4 Å². The number of rotatable bonds is 5. The molecular weight excluding hydrogens is 450 g/mol. The highest BCUT2D eigenvalue weighted by molar-refractivity contribution is 7.92. The van der Waals surface area contributed by atoms with Gasteiger partial charge in [0.05, 0.1) is 11.9 Å². The van der Waals surface area contributed by atoms with Crippen molar-refractivity contribution in [2.75, 3.05) is 42.2 Å². The van der Waals surface area contributed by atoms with Gasteiger partial charge in [0.1, 0.15) is 0 Å². The number of amides is 2. The summed E-state index contributed by atoms with van der Waals surface area (Å²) in [5.41, 5.74) is 1.61. The molecule has 0 aliphatic carbocycles. The zero-order valence-electron chi connectivity index (χ0n) is 17.9. The summed E-state index contributed by atoms with van der Waals surface area (Å²) in [6.45, 7) is 1.99. The van der Waals surface area contributed by atoms with E-state index in [-0.39, 0.29) is 5.41 Å². The van der Waals surface area contributed by atoms with Gasteiger partial charge in [-0.25, -0.2) is 8.42 Å². The molecule has 32 heavy (non-hydrogen) atoms. The van der Waals surface area contributed by atoms with E-state index in [0.29, 0.717) is 37.7 Å². The molecule has 10 heteroatoms. The third kappa shape index (κ3) is 4.82. The van der Waals surface area contributed by atoms with E-state index < -0.39 is 21.8 Å². The molecule has 0 saturated carbocycles. The van der Waals surface area contributed by atoms with Crippen molar-refractivity contribution < 1.29 is 22.7 Å². The maximum absolute atomic E-state index is 12.6. The van der Waals surface area contributed by atoms with Gasteiger partial charge in [-0.3, -0.25) is 13.9 Å². The third-order valence-electron chi connectivity index (χ3n) is 6.11. The number of hydrogen-bond acceptors (Lipinski definition) is 6. The molecule has 2 aliphatic heterocycles. The molecule has 1 aromatic heterocycles. The van der Waals surface area contributed by atoms with Gasteiger partial charge in [0.25, 0.3) is 0 Å². The average molecular weight is 478 g/mol. The molecule has 2 N–H and O–H groups in total. The summed E-state index contributed by atoms with van der Waals surface area (Å²) < 4.78 is 31.1. The zero-order chi connectivity index (χ0) is 22.8. The maximum Gasteiger partial charge on any atom is 0.313 e. The van der Waals surface area contributed by atoms with Gasteiger partial charge in [0, 0.05) is 42.3 Å². The maximum atomic E-state index is 12.6. The number of ether oxygens (including phenoxy) is 1. The lowest BCUT2D eigenvalue weighted by molar-refractivity contribution is -0.136. The van der Waals surface area contributed by atoms with E-state index in [9.17, 15) is 18.0 Å². The van der Waals surface area contributed by atoms with Crippen LogP contribution in [0, 0.1) is 0 Å². The molecule has 1 fully saturated rings. The molecule has 0 atom stereocenters. The van der Waals surface area contributed by atoms with Crippen LogP contribution < -0.4 is 14.9 Å². The summed E-state index contributed by atoms with van der Waals surface area (Å²) in [6.07, 6.45) is 4.24. The Morgan fingerprint density at radius 1 is 1.19 bits per heavy atom. The van der Waals surface area contributed by atoms with E-state index in [0.717, 1.165) is 31.2 Å². The van der Waals surface area contributed by atoms with Crippen molar-refractivity contribution in [2.45, 2.75) is 31.1 Å². The lowest BCUT2D eigenvalue weighted by Gasteiger charge is -2.36. The molecule has 0 unspecified atom stereocenters. The van der Waals surface area contributed by atoms with Crippen molar-refractivity contribution in [1.82, 2.24) is 5.32 Å². The van der Waals surface area contributed by atoms with Crippen molar-refractivity contribution in [1.29, 1.82) is 0 Å². The summed E-state index contributed by atoms with van der Waals surface area (Å²) in [5, 5.41) is 7.41. The minimum atomic E-state index is -3.42. The number of anilines is 2. The topological polar surface area (TPSA) is 105 Å². The zero-order valence-corrected chi connectivity index (χ0v) is 19.6. The number of sulfonamides is 1. The van der Waals surface area contributed by atoms with Crippen molar-refractivity contribution in [2.24, 2.45) is 0 Å². The molecule has 2 aromatic rings. The molecule has 0 radical (unpaired) electrons.